The summed E-state index contributed by atoms with van der Waals surface area (Å²) in [5.41, 5.74) is 1.84. The highest BCUT2D eigenvalue weighted by molar-refractivity contribution is 6.36. The number of ether oxygens (including phenoxy) is 2. The molecule has 7 nitrogen and oxygen atoms in total. The highest BCUT2D eigenvalue weighted by Crippen LogP contribution is 2.35. The highest BCUT2D eigenvalue weighted by atomic mass is 19.1. The molecule has 4 rings (SSSR count). The van der Waals surface area contributed by atoms with Crippen LogP contribution in [-0.2, 0) is 16.1 Å². The Balaban J connectivity index is 1.76. The van der Waals surface area contributed by atoms with Crippen LogP contribution in [0.1, 0.15) is 11.1 Å². The van der Waals surface area contributed by atoms with Crippen molar-refractivity contribution in [2.24, 2.45) is 0 Å². The molecule has 0 saturated carbocycles. The number of methoxy groups -OCH3 is 2. The zero-order valence-corrected chi connectivity index (χ0v) is 17.5. The summed E-state index contributed by atoms with van der Waals surface area (Å²) in [7, 11) is 3.03. The summed E-state index contributed by atoms with van der Waals surface area (Å²) in [4.78, 5) is 31.8. The SMILES string of the molecule is COc1ccc(NC2=C(c3ccc(F)cc3)C(=O)N(Cc3cccnc3)C2=O)c(OC)c1. The van der Waals surface area contributed by atoms with Gasteiger partial charge in [-0.25, -0.2) is 4.39 Å². The van der Waals surface area contributed by atoms with Crippen molar-refractivity contribution in [3.8, 4) is 11.5 Å². The van der Waals surface area contributed by atoms with Gasteiger partial charge in [0.1, 0.15) is 23.0 Å². The number of anilines is 1. The summed E-state index contributed by atoms with van der Waals surface area (Å²) in [6.45, 7) is 0.0567. The van der Waals surface area contributed by atoms with E-state index in [9.17, 15) is 14.0 Å². The average Bonchev–Trinajstić information content (AvgIpc) is 3.05. The molecule has 1 aliphatic rings. The van der Waals surface area contributed by atoms with Gasteiger partial charge >= 0.3 is 0 Å². The first-order valence-corrected chi connectivity index (χ1v) is 9.76. The van der Waals surface area contributed by atoms with Crippen molar-refractivity contribution in [3.05, 3.63) is 89.6 Å². The van der Waals surface area contributed by atoms with Gasteiger partial charge in [-0.05, 0) is 41.5 Å². The van der Waals surface area contributed by atoms with Gasteiger partial charge in [-0.1, -0.05) is 18.2 Å². The molecule has 8 heteroatoms. The maximum Gasteiger partial charge on any atom is 0.278 e. The summed E-state index contributed by atoms with van der Waals surface area (Å²) >= 11 is 0. The van der Waals surface area contributed by atoms with Crippen LogP contribution in [0.3, 0.4) is 0 Å². The topological polar surface area (TPSA) is 80.8 Å². The summed E-state index contributed by atoms with van der Waals surface area (Å²) in [6, 6.07) is 14.0. The zero-order valence-electron chi connectivity index (χ0n) is 17.5. The van der Waals surface area contributed by atoms with Gasteiger partial charge in [0.2, 0.25) is 0 Å². The third-order valence-corrected chi connectivity index (χ3v) is 5.03. The summed E-state index contributed by atoms with van der Waals surface area (Å²) in [5.74, 6) is -0.422. The van der Waals surface area contributed by atoms with Gasteiger partial charge in [0.05, 0.1) is 32.0 Å². The van der Waals surface area contributed by atoms with E-state index in [4.69, 9.17) is 9.47 Å². The summed E-state index contributed by atoms with van der Waals surface area (Å²) < 4.78 is 24.1. The molecule has 0 fully saturated rings. The number of hydrogen-bond donors (Lipinski definition) is 1. The molecule has 1 N–H and O–H groups in total. The van der Waals surface area contributed by atoms with Gasteiger partial charge in [0.25, 0.3) is 11.8 Å². The molecule has 2 heterocycles. The molecule has 3 aromatic rings. The van der Waals surface area contributed by atoms with Crippen LogP contribution in [0.4, 0.5) is 10.1 Å². The van der Waals surface area contributed by atoms with Crippen LogP contribution in [-0.4, -0.2) is 35.9 Å². The van der Waals surface area contributed by atoms with Gasteiger partial charge in [-0.2, -0.15) is 0 Å². The van der Waals surface area contributed by atoms with E-state index >= 15 is 0 Å². The monoisotopic (exact) mass is 433 g/mol. The van der Waals surface area contributed by atoms with Crippen LogP contribution in [0.15, 0.2) is 72.7 Å². The number of nitrogens with zero attached hydrogens (tertiary/aromatic N) is 2. The van der Waals surface area contributed by atoms with Crippen molar-refractivity contribution in [1.82, 2.24) is 9.88 Å². The number of halogens is 1. The van der Waals surface area contributed by atoms with E-state index in [1.807, 2.05) is 0 Å². The molecule has 0 aliphatic carbocycles. The maximum atomic E-state index is 13.5. The molecule has 0 bridgehead atoms. The number of carbonyl (C=O) groups is 2. The maximum absolute atomic E-state index is 13.5. The molecule has 0 saturated heterocycles. The van der Waals surface area contributed by atoms with E-state index in [1.165, 1.54) is 38.5 Å². The Morgan fingerprint density at radius 1 is 1.00 bits per heavy atom. The molecule has 2 amide bonds. The van der Waals surface area contributed by atoms with Crippen molar-refractivity contribution in [2.75, 3.05) is 19.5 Å². The Morgan fingerprint density at radius 3 is 2.44 bits per heavy atom. The standard InChI is InChI=1S/C24H20FN3O4/c1-31-18-9-10-19(20(12-18)32-2)27-22-21(16-5-7-17(25)8-6-16)23(29)28(24(22)30)14-15-4-3-11-26-13-15/h3-13,27H,14H2,1-2H3. The Kier molecular flexibility index (Phi) is 5.85. The second-order valence-electron chi connectivity index (χ2n) is 7.01. The number of rotatable bonds is 7. The van der Waals surface area contributed by atoms with E-state index < -0.39 is 17.6 Å². The number of carbonyl (C=O) groups excluding carboxylic acids is 2. The van der Waals surface area contributed by atoms with Crippen molar-refractivity contribution in [2.45, 2.75) is 6.54 Å². The van der Waals surface area contributed by atoms with Crippen molar-refractivity contribution in [3.63, 3.8) is 0 Å². The van der Waals surface area contributed by atoms with Crippen LogP contribution in [0.25, 0.3) is 5.57 Å². The minimum atomic E-state index is -0.504. The first-order chi connectivity index (χ1) is 15.5. The Hall–Kier alpha value is -4.20. The Morgan fingerprint density at radius 2 is 1.78 bits per heavy atom. The first kappa shape index (κ1) is 21.0. The average molecular weight is 433 g/mol. The molecule has 2 aromatic carbocycles. The fraction of sp³-hybridized carbons (Fsp3) is 0.125. The molecule has 0 spiro atoms. The molecular formula is C24H20FN3O4. The summed E-state index contributed by atoms with van der Waals surface area (Å²) in [5, 5.41) is 3.05. The lowest BCUT2D eigenvalue weighted by atomic mass is 10.0. The molecule has 0 atom stereocenters. The number of imide groups is 1. The second-order valence-corrected chi connectivity index (χ2v) is 7.01. The van der Waals surface area contributed by atoms with Crippen LogP contribution >= 0.6 is 0 Å². The molecule has 1 aliphatic heterocycles. The number of benzene rings is 2. The van der Waals surface area contributed by atoms with Crippen LogP contribution < -0.4 is 14.8 Å². The number of nitrogens with one attached hydrogen (secondary N) is 1. The number of aromatic nitrogens is 1. The smallest absolute Gasteiger partial charge is 0.278 e. The fourth-order valence-corrected chi connectivity index (χ4v) is 3.43. The minimum absolute atomic E-state index is 0.0567. The van der Waals surface area contributed by atoms with E-state index in [2.05, 4.69) is 10.3 Å². The quantitative estimate of drug-likeness (QED) is 0.573. The van der Waals surface area contributed by atoms with Crippen LogP contribution in [0.5, 0.6) is 11.5 Å². The lowest BCUT2D eigenvalue weighted by Crippen LogP contribution is -2.32. The lowest BCUT2D eigenvalue weighted by Gasteiger charge is -2.16. The second kappa shape index (κ2) is 8.89. The molecule has 32 heavy (non-hydrogen) atoms. The normalized spacial score (nSPS) is 13.5. The molecule has 1 aromatic heterocycles. The van der Waals surface area contributed by atoms with Crippen molar-refractivity contribution in [1.29, 1.82) is 0 Å². The Labute approximate surface area is 184 Å². The third-order valence-electron chi connectivity index (χ3n) is 5.03. The van der Waals surface area contributed by atoms with Crippen molar-refractivity contribution >= 4 is 23.1 Å². The van der Waals surface area contributed by atoms with Gasteiger partial charge < -0.3 is 14.8 Å². The van der Waals surface area contributed by atoms with E-state index in [0.717, 1.165) is 4.90 Å². The predicted molar refractivity (Wildman–Crippen MR) is 116 cm³/mol. The summed E-state index contributed by atoms with van der Waals surface area (Å²) in [6.07, 6.45) is 3.21. The lowest BCUT2D eigenvalue weighted by molar-refractivity contribution is -0.137. The van der Waals surface area contributed by atoms with Gasteiger partial charge in [-0.3, -0.25) is 19.5 Å². The fourth-order valence-electron chi connectivity index (χ4n) is 3.43. The van der Waals surface area contributed by atoms with Gasteiger partial charge in [-0.15, -0.1) is 0 Å². The first-order valence-electron chi connectivity index (χ1n) is 9.76. The highest BCUT2D eigenvalue weighted by Gasteiger charge is 2.39. The van der Waals surface area contributed by atoms with E-state index in [-0.39, 0.29) is 17.8 Å². The van der Waals surface area contributed by atoms with Gasteiger partial charge in [0, 0.05) is 18.5 Å². The molecule has 0 radical (unpaired) electrons. The molecular weight excluding hydrogens is 413 g/mol. The zero-order chi connectivity index (χ0) is 22.7. The van der Waals surface area contributed by atoms with E-state index in [1.54, 1.807) is 42.7 Å². The molecule has 162 valence electrons. The van der Waals surface area contributed by atoms with Crippen LogP contribution in [0.2, 0.25) is 0 Å². The van der Waals surface area contributed by atoms with E-state index in [0.29, 0.717) is 28.3 Å². The minimum Gasteiger partial charge on any atom is -0.497 e. The number of pyridine rings is 1. The largest absolute Gasteiger partial charge is 0.497 e. The predicted octanol–water partition coefficient (Wildman–Crippen LogP) is 3.63. The van der Waals surface area contributed by atoms with Gasteiger partial charge in [0.15, 0.2) is 0 Å². The Bertz CT molecular complexity index is 1190. The number of amides is 2. The van der Waals surface area contributed by atoms with Crippen molar-refractivity contribution < 1.29 is 23.5 Å². The van der Waals surface area contributed by atoms with Crippen LogP contribution in [0, 0.1) is 5.82 Å². The molecule has 0 unspecified atom stereocenters. The third kappa shape index (κ3) is 4.02. The number of hydrogen-bond acceptors (Lipinski definition) is 6.